The molecule has 0 aliphatic carbocycles. The maximum atomic E-state index is 12.1. The molecule has 2 rings (SSSR count). The van der Waals surface area contributed by atoms with Crippen molar-refractivity contribution in [3.63, 3.8) is 0 Å². The lowest BCUT2D eigenvalue weighted by molar-refractivity contribution is -0.117. The van der Waals surface area contributed by atoms with Gasteiger partial charge in [-0.3, -0.25) is 4.79 Å². The van der Waals surface area contributed by atoms with Gasteiger partial charge >= 0.3 is 6.09 Å². The van der Waals surface area contributed by atoms with E-state index >= 15 is 0 Å². The smallest absolute Gasteiger partial charge is 0.409 e. The van der Waals surface area contributed by atoms with Crippen molar-refractivity contribution in [2.45, 2.75) is 39.2 Å². The summed E-state index contributed by atoms with van der Waals surface area (Å²) in [4.78, 5) is 25.4. The molecule has 1 aliphatic rings. The predicted octanol–water partition coefficient (Wildman–Crippen LogP) is 3.23. The molecule has 0 atom stereocenters. The molecule has 142 valence electrons. The number of likely N-dealkylation sites (tertiary alicyclic amines) is 1. The first kappa shape index (κ1) is 19.8. The van der Waals surface area contributed by atoms with Gasteiger partial charge in [-0.05, 0) is 50.0 Å². The van der Waals surface area contributed by atoms with E-state index in [2.05, 4.69) is 12.2 Å². The maximum Gasteiger partial charge on any atom is 0.409 e. The van der Waals surface area contributed by atoms with E-state index in [4.69, 9.17) is 9.47 Å². The molecule has 2 amide bonds. The van der Waals surface area contributed by atoms with Gasteiger partial charge in [-0.2, -0.15) is 0 Å². The van der Waals surface area contributed by atoms with Crippen molar-refractivity contribution >= 4 is 18.1 Å². The lowest BCUT2D eigenvalue weighted by Crippen LogP contribution is -2.46. The molecule has 1 saturated heterocycles. The number of carbonyl (C=O) groups excluding carboxylic acids is 2. The molecule has 1 aromatic carbocycles. The number of piperidine rings is 1. The van der Waals surface area contributed by atoms with Gasteiger partial charge in [-0.25, -0.2) is 4.79 Å². The largest absolute Gasteiger partial charge is 0.494 e. The molecule has 0 radical (unpaired) electrons. The predicted molar refractivity (Wildman–Crippen MR) is 101 cm³/mol. The third kappa shape index (κ3) is 6.43. The van der Waals surface area contributed by atoms with E-state index in [9.17, 15) is 9.59 Å². The number of rotatable bonds is 7. The Morgan fingerprint density at radius 3 is 2.50 bits per heavy atom. The molecular weight excluding hydrogens is 332 g/mol. The first-order valence-electron chi connectivity index (χ1n) is 9.25. The summed E-state index contributed by atoms with van der Waals surface area (Å²) in [5.41, 5.74) is 0.945. The number of nitrogens with one attached hydrogen (secondary N) is 1. The average Bonchev–Trinajstić information content (AvgIpc) is 2.66. The zero-order valence-corrected chi connectivity index (χ0v) is 15.6. The molecule has 26 heavy (non-hydrogen) atoms. The first-order valence-corrected chi connectivity index (χ1v) is 9.25. The molecule has 0 aromatic heterocycles. The highest BCUT2D eigenvalue weighted by Crippen LogP contribution is 2.14. The van der Waals surface area contributed by atoms with E-state index in [1.54, 1.807) is 24.0 Å². The van der Waals surface area contributed by atoms with Crippen LogP contribution >= 0.6 is 0 Å². The summed E-state index contributed by atoms with van der Waals surface area (Å²) in [5, 5.41) is 2.99. The Morgan fingerprint density at radius 1 is 1.19 bits per heavy atom. The minimum Gasteiger partial charge on any atom is -0.494 e. The fourth-order valence-corrected chi connectivity index (χ4v) is 2.74. The van der Waals surface area contributed by atoms with Crippen molar-refractivity contribution < 1.29 is 19.1 Å². The van der Waals surface area contributed by atoms with Gasteiger partial charge in [0.05, 0.1) is 13.2 Å². The van der Waals surface area contributed by atoms with Crippen LogP contribution in [0.4, 0.5) is 4.79 Å². The number of benzene rings is 1. The summed E-state index contributed by atoms with van der Waals surface area (Å²) in [6.07, 6.45) is 5.50. The Bertz CT molecular complexity index is 605. The molecular formula is C20H28N2O4. The molecule has 0 bridgehead atoms. The van der Waals surface area contributed by atoms with E-state index in [-0.39, 0.29) is 18.0 Å². The highest BCUT2D eigenvalue weighted by Gasteiger charge is 2.23. The molecule has 1 N–H and O–H groups in total. The summed E-state index contributed by atoms with van der Waals surface area (Å²) in [7, 11) is 0. The van der Waals surface area contributed by atoms with Crippen LogP contribution in [0.15, 0.2) is 30.3 Å². The van der Waals surface area contributed by atoms with Gasteiger partial charge in [-0.1, -0.05) is 19.1 Å². The molecule has 1 aromatic rings. The standard InChI is InChI=1S/C20H28N2O4/c1-3-15-26-18-8-5-16(6-9-18)7-10-19(23)21-17-11-13-22(14-12-17)20(24)25-4-2/h5-10,17H,3-4,11-15H2,1-2H3,(H,21,23)/b10-7+. The summed E-state index contributed by atoms with van der Waals surface area (Å²) in [6, 6.07) is 7.73. The Kier molecular flexibility index (Phi) is 7.99. The number of carbonyl (C=O) groups is 2. The minimum atomic E-state index is -0.275. The van der Waals surface area contributed by atoms with E-state index in [1.165, 1.54) is 0 Å². The van der Waals surface area contributed by atoms with Crippen molar-refractivity contribution in [2.24, 2.45) is 0 Å². The molecule has 0 saturated carbocycles. The summed E-state index contributed by atoms with van der Waals surface area (Å²) in [5.74, 6) is 0.715. The third-order valence-electron chi connectivity index (χ3n) is 4.15. The fourth-order valence-electron chi connectivity index (χ4n) is 2.74. The van der Waals surface area contributed by atoms with Crippen molar-refractivity contribution in [1.82, 2.24) is 10.2 Å². The van der Waals surface area contributed by atoms with Crippen molar-refractivity contribution in [2.75, 3.05) is 26.3 Å². The topological polar surface area (TPSA) is 67.9 Å². The highest BCUT2D eigenvalue weighted by atomic mass is 16.6. The number of nitrogens with zero attached hydrogens (tertiary/aromatic N) is 1. The summed E-state index contributed by atoms with van der Waals surface area (Å²) >= 11 is 0. The number of hydrogen-bond acceptors (Lipinski definition) is 4. The highest BCUT2D eigenvalue weighted by molar-refractivity contribution is 5.91. The molecule has 0 spiro atoms. The number of ether oxygens (including phenoxy) is 2. The second-order valence-corrected chi connectivity index (χ2v) is 6.22. The second-order valence-electron chi connectivity index (χ2n) is 6.22. The quantitative estimate of drug-likeness (QED) is 0.758. The van der Waals surface area contributed by atoms with Gasteiger partial charge in [0, 0.05) is 25.2 Å². The molecule has 6 nitrogen and oxygen atoms in total. The van der Waals surface area contributed by atoms with E-state index < -0.39 is 0 Å². The maximum absolute atomic E-state index is 12.1. The van der Waals surface area contributed by atoms with Gasteiger partial charge in [0.15, 0.2) is 0 Å². The number of hydrogen-bond donors (Lipinski definition) is 1. The van der Waals surface area contributed by atoms with Crippen molar-refractivity contribution in [3.8, 4) is 5.75 Å². The second kappa shape index (κ2) is 10.5. The lowest BCUT2D eigenvalue weighted by atomic mass is 10.1. The van der Waals surface area contributed by atoms with Crippen LogP contribution in [0.5, 0.6) is 5.75 Å². The van der Waals surface area contributed by atoms with E-state index in [1.807, 2.05) is 24.3 Å². The zero-order chi connectivity index (χ0) is 18.8. The molecule has 1 fully saturated rings. The van der Waals surface area contributed by atoms with Gasteiger partial charge in [0.25, 0.3) is 0 Å². The average molecular weight is 360 g/mol. The van der Waals surface area contributed by atoms with Crippen LogP contribution in [0, 0.1) is 0 Å². The van der Waals surface area contributed by atoms with Crippen LogP contribution in [0.2, 0.25) is 0 Å². The molecule has 1 heterocycles. The van der Waals surface area contributed by atoms with Gasteiger partial charge in [0.2, 0.25) is 5.91 Å². The van der Waals surface area contributed by atoms with Crippen LogP contribution in [0.25, 0.3) is 6.08 Å². The van der Waals surface area contributed by atoms with Gasteiger partial charge < -0.3 is 19.7 Å². The third-order valence-corrected chi connectivity index (χ3v) is 4.15. The summed E-state index contributed by atoms with van der Waals surface area (Å²) in [6.45, 7) is 6.15. The molecule has 0 unspecified atom stereocenters. The first-order chi connectivity index (χ1) is 12.6. The van der Waals surface area contributed by atoms with Crippen LogP contribution in [0.3, 0.4) is 0 Å². The fraction of sp³-hybridized carbons (Fsp3) is 0.500. The monoisotopic (exact) mass is 360 g/mol. The zero-order valence-electron chi connectivity index (χ0n) is 15.6. The van der Waals surface area contributed by atoms with Crippen LogP contribution < -0.4 is 10.1 Å². The Labute approximate surface area is 155 Å². The number of amides is 2. The van der Waals surface area contributed by atoms with Crippen LogP contribution in [-0.4, -0.2) is 49.2 Å². The van der Waals surface area contributed by atoms with Crippen molar-refractivity contribution in [1.29, 1.82) is 0 Å². The van der Waals surface area contributed by atoms with E-state index in [0.717, 1.165) is 30.6 Å². The Morgan fingerprint density at radius 2 is 1.88 bits per heavy atom. The normalized spacial score (nSPS) is 15.1. The van der Waals surface area contributed by atoms with Crippen LogP contribution in [0.1, 0.15) is 38.7 Å². The van der Waals surface area contributed by atoms with Gasteiger partial charge in [-0.15, -0.1) is 0 Å². The minimum absolute atomic E-state index is 0.0858. The molecule has 6 heteroatoms. The Hall–Kier alpha value is -2.50. The Balaban J connectivity index is 1.75. The molecule has 1 aliphatic heterocycles. The SMILES string of the molecule is CCCOc1ccc(/C=C/C(=O)NC2CCN(C(=O)OCC)CC2)cc1. The summed E-state index contributed by atoms with van der Waals surface area (Å²) < 4.78 is 10.5. The lowest BCUT2D eigenvalue weighted by Gasteiger charge is -2.31. The van der Waals surface area contributed by atoms with Gasteiger partial charge in [0.1, 0.15) is 5.75 Å². The van der Waals surface area contributed by atoms with Crippen LogP contribution in [-0.2, 0) is 9.53 Å². The van der Waals surface area contributed by atoms with E-state index in [0.29, 0.717) is 26.3 Å². The van der Waals surface area contributed by atoms with Crippen molar-refractivity contribution in [3.05, 3.63) is 35.9 Å².